The van der Waals surface area contributed by atoms with Crippen LogP contribution in [-0.2, 0) is 9.53 Å². The number of benzene rings is 2. The Labute approximate surface area is 141 Å². The maximum atomic E-state index is 12.5. The van der Waals surface area contributed by atoms with Crippen LogP contribution in [0.15, 0.2) is 48.5 Å². The van der Waals surface area contributed by atoms with Gasteiger partial charge in [-0.3, -0.25) is 4.79 Å². The summed E-state index contributed by atoms with van der Waals surface area (Å²) in [5, 5.41) is 0.683. The summed E-state index contributed by atoms with van der Waals surface area (Å²) >= 11 is 6.23. The molecule has 1 aliphatic rings. The molecular formula is C19H20ClNO2. The molecule has 1 heterocycles. The lowest BCUT2D eigenvalue weighted by atomic mass is 9.77. The van der Waals surface area contributed by atoms with Crippen molar-refractivity contribution in [3.8, 4) is 0 Å². The van der Waals surface area contributed by atoms with Crippen LogP contribution in [0.4, 0.5) is 5.69 Å². The fourth-order valence-electron chi connectivity index (χ4n) is 3.37. The second-order valence-corrected chi connectivity index (χ2v) is 6.27. The topological polar surface area (TPSA) is 29.5 Å². The number of ether oxygens (including phenoxy) is 1. The summed E-state index contributed by atoms with van der Waals surface area (Å²) in [6.45, 7) is 2.86. The second kappa shape index (κ2) is 6.63. The first-order valence-corrected chi connectivity index (χ1v) is 8.21. The summed E-state index contributed by atoms with van der Waals surface area (Å²) in [5.74, 6) is -0.438. The third kappa shape index (κ3) is 3.06. The van der Waals surface area contributed by atoms with Gasteiger partial charge in [0.25, 0.3) is 0 Å². The summed E-state index contributed by atoms with van der Waals surface area (Å²) in [6.07, 6.45) is 0. The van der Waals surface area contributed by atoms with Crippen LogP contribution in [0.25, 0.3) is 0 Å². The molecule has 23 heavy (non-hydrogen) atoms. The molecule has 0 bridgehead atoms. The first-order valence-electron chi connectivity index (χ1n) is 7.84. The van der Waals surface area contributed by atoms with Crippen molar-refractivity contribution < 1.29 is 9.53 Å². The molecule has 3 rings (SSSR count). The molecule has 3 nitrogen and oxygen atoms in total. The summed E-state index contributed by atoms with van der Waals surface area (Å²) in [7, 11) is 2.00. The van der Waals surface area contributed by atoms with Gasteiger partial charge in [0.15, 0.2) is 0 Å². The van der Waals surface area contributed by atoms with Crippen LogP contribution in [0.5, 0.6) is 0 Å². The maximum absolute atomic E-state index is 12.5. The lowest BCUT2D eigenvalue weighted by Gasteiger charge is -2.38. The van der Waals surface area contributed by atoms with Gasteiger partial charge in [0.1, 0.15) is 0 Å². The van der Waals surface area contributed by atoms with E-state index in [9.17, 15) is 4.79 Å². The summed E-state index contributed by atoms with van der Waals surface area (Å²) in [4.78, 5) is 14.6. The minimum Gasteiger partial charge on any atom is -0.466 e. The van der Waals surface area contributed by atoms with Gasteiger partial charge in [0.2, 0.25) is 0 Å². The van der Waals surface area contributed by atoms with Gasteiger partial charge in [-0.15, -0.1) is 0 Å². The quantitative estimate of drug-likeness (QED) is 0.794. The van der Waals surface area contributed by atoms with E-state index in [1.165, 1.54) is 0 Å². The molecule has 0 aromatic heterocycles. The van der Waals surface area contributed by atoms with Crippen molar-refractivity contribution in [2.24, 2.45) is 5.92 Å². The smallest absolute Gasteiger partial charge is 0.311 e. The van der Waals surface area contributed by atoms with E-state index in [1.54, 1.807) is 0 Å². The van der Waals surface area contributed by atoms with Crippen LogP contribution in [0.1, 0.15) is 24.0 Å². The largest absolute Gasteiger partial charge is 0.466 e. The molecule has 2 aromatic rings. The molecular weight excluding hydrogens is 310 g/mol. The van der Waals surface area contributed by atoms with Crippen LogP contribution in [0.3, 0.4) is 0 Å². The number of halogens is 1. The van der Waals surface area contributed by atoms with Crippen LogP contribution >= 0.6 is 11.6 Å². The van der Waals surface area contributed by atoms with Crippen LogP contribution in [0.2, 0.25) is 5.02 Å². The van der Waals surface area contributed by atoms with E-state index in [0.29, 0.717) is 18.2 Å². The number of hydrogen-bond donors (Lipinski definition) is 0. The fraction of sp³-hybridized carbons (Fsp3) is 0.316. The van der Waals surface area contributed by atoms with E-state index in [1.807, 2.05) is 50.4 Å². The van der Waals surface area contributed by atoms with Crippen LogP contribution < -0.4 is 4.90 Å². The summed E-state index contributed by atoms with van der Waals surface area (Å²) in [6, 6.07) is 16.0. The zero-order valence-electron chi connectivity index (χ0n) is 13.3. The molecule has 0 amide bonds. The number of rotatable bonds is 3. The number of anilines is 1. The molecule has 4 heteroatoms. The Morgan fingerprint density at radius 2 is 2.00 bits per heavy atom. The monoisotopic (exact) mass is 329 g/mol. The number of nitrogens with zero attached hydrogens (tertiary/aromatic N) is 1. The van der Waals surface area contributed by atoms with Crippen molar-refractivity contribution in [3.05, 3.63) is 64.7 Å². The molecule has 0 fully saturated rings. The third-order valence-corrected chi connectivity index (χ3v) is 4.59. The van der Waals surface area contributed by atoms with Crippen LogP contribution in [0, 0.1) is 5.92 Å². The average Bonchev–Trinajstić information content (AvgIpc) is 2.55. The minimum atomic E-state index is -0.242. The van der Waals surface area contributed by atoms with Gasteiger partial charge in [0, 0.05) is 30.2 Å². The zero-order valence-corrected chi connectivity index (χ0v) is 14.1. The van der Waals surface area contributed by atoms with Gasteiger partial charge in [-0.2, -0.15) is 0 Å². The standard InChI is InChI=1S/C19H20ClNO2/c1-3-23-19(22)16-12-21(2)17-10-9-14(20)11-15(17)18(16)13-7-5-4-6-8-13/h4-11,16,18H,3,12H2,1-2H3. The molecule has 0 radical (unpaired) electrons. The van der Waals surface area contributed by atoms with Gasteiger partial charge in [-0.05, 0) is 36.2 Å². The SMILES string of the molecule is CCOC(=O)C1CN(C)c2ccc(Cl)cc2C1c1ccccc1. The minimum absolute atomic E-state index is 0.0415. The van der Waals surface area contributed by atoms with E-state index in [-0.39, 0.29) is 17.8 Å². The Morgan fingerprint density at radius 1 is 1.26 bits per heavy atom. The number of carbonyl (C=O) groups excluding carboxylic acids is 1. The van der Waals surface area contributed by atoms with Crippen LogP contribution in [-0.4, -0.2) is 26.2 Å². The average molecular weight is 330 g/mol. The van der Waals surface area contributed by atoms with Gasteiger partial charge >= 0.3 is 5.97 Å². The number of carbonyl (C=O) groups is 1. The number of esters is 1. The first-order chi connectivity index (χ1) is 11.1. The number of fused-ring (bicyclic) bond motifs is 1. The molecule has 0 aliphatic carbocycles. The molecule has 1 aliphatic heterocycles. The molecule has 2 atom stereocenters. The summed E-state index contributed by atoms with van der Waals surface area (Å²) < 4.78 is 5.33. The van der Waals surface area contributed by atoms with Crippen molar-refractivity contribution in [2.75, 3.05) is 25.1 Å². The van der Waals surface area contributed by atoms with Gasteiger partial charge < -0.3 is 9.64 Å². The van der Waals surface area contributed by atoms with Gasteiger partial charge in [-0.25, -0.2) is 0 Å². The number of hydrogen-bond acceptors (Lipinski definition) is 3. The highest BCUT2D eigenvalue weighted by molar-refractivity contribution is 6.30. The van der Waals surface area contributed by atoms with Crippen molar-refractivity contribution in [3.63, 3.8) is 0 Å². The van der Waals surface area contributed by atoms with E-state index < -0.39 is 0 Å². The Bertz CT molecular complexity index is 702. The lowest BCUT2D eigenvalue weighted by molar-refractivity contribution is -0.148. The Balaban J connectivity index is 2.13. The summed E-state index contributed by atoms with van der Waals surface area (Å²) in [5.41, 5.74) is 3.31. The third-order valence-electron chi connectivity index (χ3n) is 4.36. The normalized spacial score (nSPS) is 20.0. The highest BCUT2D eigenvalue weighted by atomic mass is 35.5. The Kier molecular flexibility index (Phi) is 4.58. The van der Waals surface area contributed by atoms with E-state index in [2.05, 4.69) is 17.0 Å². The predicted molar refractivity (Wildman–Crippen MR) is 93.1 cm³/mol. The first kappa shape index (κ1) is 15.9. The van der Waals surface area contributed by atoms with Gasteiger partial charge in [0.05, 0.1) is 12.5 Å². The molecule has 0 spiro atoms. The van der Waals surface area contributed by atoms with Crippen molar-refractivity contribution in [1.82, 2.24) is 0 Å². The second-order valence-electron chi connectivity index (χ2n) is 5.83. The fourth-order valence-corrected chi connectivity index (χ4v) is 3.55. The molecule has 0 saturated heterocycles. The highest BCUT2D eigenvalue weighted by Gasteiger charge is 2.38. The van der Waals surface area contributed by atoms with E-state index >= 15 is 0 Å². The highest BCUT2D eigenvalue weighted by Crippen LogP contribution is 2.43. The molecule has 0 saturated carbocycles. The molecule has 2 unspecified atom stereocenters. The molecule has 120 valence electrons. The van der Waals surface area contributed by atoms with Crippen molar-refractivity contribution in [1.29, 1.82) is 0 Å². The Hall–Kier alpha value is -2.00. The lowest BCUT2D eigenvalue weighted by Crippen LogP contribution is -2.40. The van der Waals surface area contributed by atoms with Crippen molar-refractivity contribution in [2.45, 2.75) is 12.8 Å². The van der Waals surface area contributed by atoms with Crippen molar-refractivity contribution >= 4 is 23.3 Å². The van der Waals surface area contributed by atoms with E-state index in [0.717, 1.165) is 16.8 Å². The van der Waals surface area contributed by atoms with Gasteiger partial charge in [-0.1, -0.05) is 41.9 Å². The maximum Gasteiger partial charge on any atom is 0.311 e. The van der Waals surface area contributed by atoms with E-state index in [4.69, 9.17) is 16.3 Å². The zero-order chi connectivity index (χ0) is 16.4. The molecule has 0 N–H and O–H groups in total. The predicted octanol–water partition coefficient (Wildman–Crippen LogP) is 4.10. The Morgan fingerprint density at radius 3 is 2.70 bits per heavy atom. The molecule has 2 aromatic carbocycles.